The molecule has 2 rings (SSSR count). The van der Waals surface area contributed by atoms with Gasteiger partial charge in [0.1, 0.15) is 0 Å². The minimum atomic E-state index is -0.407. The van der Waals surface area contributed by atoms with Crippen molar-refractivity contribution < 1.29 is 9.59 Å². The number of nitrogens with zero attached hydrogens (tertiary/aromatic N) is 1. The lowest BCUT2D eigenvalue weighted by Gasteiger charge is -2.34. The molecule has 0 bridgehead atoms. The Bertz CT molecular complexity index is 607. The summed E-state index contributed by atoms with van der Waals surface area (Å²) in [5, 5.41) is 2.79. The van der Waals surface area contributed by atoms with Crippen molar-refractivity contribution in [3.05, 3.63) is 29.3 Å². The summed E-state index contributed by atoms with van der Waals surface area (Å²) < 4.78 is 0. The predicted octanol–water partition coefficient (Wildman–Crippen LogP) is 3.01. The Hall–Kier alpha value is -2.04. The van der Waals surface area contributed by atoms with Crippen LogP contribution >= 0.6 is 0 Å². The molecule has 1 saturated carbocycles. The van der Waals surface area contributed by atoms with Gasteiger partial charge in [-0.1, -0.05) is 32.8 Å². The van der Waals surface area contributed by atoms with Crippen LogP contribution in [0.3, 0.4) is 0 Å². The average Bonchev–Trinajstić information content (AvgIpc) is 3.06. The van der Waals surface area contributed by atoms with Crippen LogP contribution in [-0.2, 0) is 4.79 Å². The summed E-state index contributed by atoms with van der Waals surface area (Å²) in [6.45, 7) is 7.75. The molecule has 1 aromatic rings. The first kappa shape index (κ1) is 19.3. The van der Waals surface area contributed by atoms with Crippen LogP contribution in [0.2, 0.25) is 0 Å². The first-order valence-corrected chi connectivity index (χ1v) is 9.33. The molecule has 1 aromatic carbocycles. The summed E-state index contributed by atoms with van der Waals surface area (Å²) >= 11 is 0. The molecule has 0 aliphatic heterocycles. The molecule has 0 spiro atoms. The quantitative estimate of drug-likeness (QED) is 0.760. The van der Waals surface area contributed by atoms with Crippen molar-refractivity contribution in [2.24, 2.45) is 11.7 Å². The zero-order valence-corrected chi connectivity index (χ0v) is 15.7. The topological polar surface area (TPSA) is 75.4 Å². The van der Waals surface area contributed by atoms with Crippen LogP contribution in [0.4, 0.5) is 5.69 Å². The van der Waals surface area contributed by atoms with Crippen LogP contribution in [0.15, 0.2) is 18.2 Å². The van der Waals surface area contributed by atoms with E-state index >= 15 is 0 Å². The highest BCUT2D eigenvalue weighted by molar-refractivity contribution is 5.97. The number of anilines is 1. The lowest BCUT2D eigenvalue weighted by molar-refractivity contribution is -0.117. The molecule has 0 radical (unpaired) electrons. The first-order valence-electron chi connectivity index (χ1n) is 9.33. The summed E-state index contributed by atoms with van der Waals surface area (Å²) in [6, 6.07) is 6.49. The van der Waals surface area contributed by atoms with E-state index < -0.39 is 5.91 Å². The molecular weight excluding hydrogens is 314 g/mol. The Morgan fingerprint density at radius 1 is 1.28 bits per heavy atom. The second-order valence-electron chi connectivity index (χ2n) is 7.41. The molecule has 2 amide bonds. The van der Waals surface area contributed by atoms with Gasteiger partial charge in [0.15, 0.2) is 0 Å². The molecule has 25 heavy (non-hydrogen) atoms. The minimum absolute atomic E-state index is 0.142. The highest BCUT2D eigenvalue weighted by Crippen LogP contribution is 2.32. The maximum absolute atomic E-state index is 12.5. The summed E-state index contributed by atoms with van der Waals surface area (Å²) in [5.74, 6) is 0.0136. The van der Waals surface area contributed by atoms with E-state index in [4.69, 9.17) is 5.73 Å². The van der Waals surface area contributed by atoms with Crippen LogP contribution in [0.5, 0.6) is 0 Å². The van der Waals surface area contributed by atoms with Crippen LogP contribution < -0.4 is 16.0 Å². The summed E-state index contributed by atoms with van der Waals surface area (Å²) in [4.78, 5) is 25.8. The highest BCUT2D eigenvalue weighted by atomic mass is 16.2. The maximum atomic E-state index is 12.5. The van der Waals surface area contributed by atoms with Gasteiger partial charge in [0.25, 0.3) is 5.91 Å². The Labute approximate surface area is 151 Å². The summed E-state index contributed by atoms with van der Waals surface area (Å²) in [7, 11) is 0. The first-order chi connectivity index (χ1) is 11.9. The summed E-state index contributed by atoms with van der Waals surface area (Å²) in [5.41, 5.74) is 7.97. The fraction of sp³-hybridized carbons (Fsp3) is 0.600. The number of benzene rings is 1. The van der Waals surface area contributed by atoms with E-state index in [2.05, 4.69) is 30.1 Å². The zero-order chi connectivity index (χ0) is 18.4. The number of hydrogen-bond donors (Lipinski definition) is 2. The van der Waals surface area contributed by atoms with Gasteiger partial charge in [-0.3, -0.25) is 9.59 Å². The van der Waals surface area contributed by atoms with Gasteiger partial charge in [-0.25, -0.2) is 0 Å². The molecule has 138 valence electrons. The Morgan fingerprint density at radius 3 is 2.56 bits per heavy atom. The van der Waals surface area contributed by atoms with Crippen molar-refractivity contribution >= 4 is 17.5 Å². The largest absolute Gasteiger partial charge is 0.370 e. The fourth-order valence-electron chi connectivity index (χ4n) is 3.63. The second-order valence-corrected chi connectivity index (χ2v) is 7.41. The smallest absolute Gasteiger partial charge is 0.251 e. The average molecular weight is 345 g/mol. The van der Waals surface area contributed by atoms with Crippen LogP contribution in [0.1, 0.15) is 61.9 Å². The molecule has 0 unspecified atom stereocenters. The van der Waals surface area contributed by atoms with Crippen molar-refractivity contribution in [2.75, 3.05) is 18.0 Å². The van der Waals surface area contributed by atoms with Gasteiger partial charge in [0, 0.05) is 36.8 Å². The molecule has 5 heteroatoms. The van der Waals surface area contributed by atoms with Crippen molar-refractivity contribution in [3.8, 4) is 0 Å². The minimum Gasteiger partial charge on any atom is -0.370 e. The molecule has 0 saturated heterocycles. The molecular formula is C20H31N3O2. The fourth-order valence-corrected chi connectivity index (χ4v) is 3.63. The van der Waals surface area contributed by atoms with Gasteiger partial charge < -0.3 is 16.0 Å². The van der Waals surface area contributed by atoms with Crippen LogP contribution in [0, 0.1) is 12.8 Å². The van der Waals surface area contributed by atoms with Crippen molar-refractivity contribution in [3.63, 3.8) is 0 Å². The van der Waals surface area contributed by atoms with E-state index in [1.807, 2.05) is 19.1 Å². The summed E-state index contributed by atoms with van der Waals surface area (Å²) in [6.07, 6.45) is 5.17. The monoisotopic (exact) mass is 345 g/mol. The number of carbonyl (C=O) groups is 2. The van der Waals surface area contributed by atoms with Gasteiger partial charge >= 0.3 is 0 Å². The molecule has 0 heterocycles. The van der Waals surface area contributed by atoms with E-state index in [0.29, 0.717) is 17.5 Å². The third kappa shape index (κ3) is 5.21. The Kier molecular flexibility index (Phi) is 6.85. The molecule has 1 aliphatic rings. The lowest BCUT2D eigenvalue weighted by Crippen LogP contribution is -2.37. The van der Waals surface area contributed by atoms with Crippen molar-refractivity contribution in [1.82, 2.24) is 5.32 Å². The Balaban J connectivity index is 2.21. The van der Waals surface area contributed by atoms with Gasteiger partial charge in [-0.15, -0.1) is 0 Å². The molecule has 0 aromatic heterocycles. The normalized spacial score (nSPS) is 14.7. The van der Waals surface area contributed by atoms with Crippen LogP contribution in [0.25, 0.3) is 0 Å². The standard InChI is InChI=1S/C20H31N3O2/c1-14(2)13-23(16-7-4-5-8-16)18-10-6-9-17(15(18)3)20(25)22-12-11-19(21)24/h6,9-10,14,16H,4-5,7-8,11-13H2,1-3H3,(H2,21,24)(H,22,25). The number of hydrogen-bond acceptors (Lipinski definition) is 3. The molecule has 1 fully saturated rings. The van der Waals surface area contributed by atoms with Crippen molar-refractivity contribution in [2.45, 2.75) is 58.9 Å². The van der Waals surface area contributed by atoms with E-state index in [1.54, 1.807) is 0 Å². The predicted molar refractivity (Wildman–Crippen MR) is 102 cm³/mol. The van der Waals surface area contributed by atoms with E-state index in [-0.39, 0.29) is 18.9 Å². The van der Waals surface area contributed by atoms with Crippen LogP contribution in [-0.4, -0.2) is 30.9 Å². The van der Waals surface area contributed by atoms with E-state index in [9.17, 15) is 9.59 Å². The molecule has 3 N–H and O–H groups in total. The number of nitrogens with one attached hydrogen (secondary N) is 1. The number of rotatable bonds is 8. The molecule has 5 nitrogen and oxygen atoms in total. The highest BCUT2D eigenvalue weighted by Gasteiger charge is 2.25. The van der Waals surface area contributed by atoms with Gasteiger partial charge in [0.05, 0.1) is 0 Å². The SMILES string of the molecule is Cc1c(C(=O)NCCC(N)=O)cccc1N(CC(C)C)C1CCCC1. The Morgan fingerprint density at radius 2 is 1.96 bits per heavy atom. The number of primary amides is 1. The van der Waals surface area contributed by atoms with Gasteiger partial charge in [-0.05, 0) is 43.4 Å². The number of nitrogens with two attached hydrogens (primary N) is 1. The van der Waals surface area contributed by atoms with Crippen molar-refractivity contribution in [1.29, 1.82) is 0 Å². The lowest BCUT2D eigenvalue weighted by atomic mass is 10.0. The van der Waals surface area contributed by atoms with E-state index in [1.165, 1.54) is 25.7 Å². The second kappa shape index (κ2) is 8.88. The number of amides is 2. The third-order valence-electron chi connectivity index (χ3n) is 4.84. The van der Waals surface area contributed by atoms with E-state index in [0.717, 1.165) is 17.8 Å². The molecule has 1 aliphatic carbocycles. The third-order valence-corrected chi connectivity index (χ3v) is 4.84. The zero-order valence-electron chi connectivity index (χ0n) is 15.7. The molecule has 0 atom stereocenters. The van der Waals surface area contributed by atoms with Gasteiger partial charge in [0.2, 0.25) is 5.91 Å². The number of carbonyl (C=O) groups excluding carboxylic acids is 2. The van der Waals surface area contributed by atoms with Gasteiger partial charge in [-0.2, -0.15) is 0 Å². The maximum Gasteiger partial charge on any atom is 0.251 e.